The van der Waals surface area contributed by atoms with E-state index in [-0.39, 0.29) is 11.7 Å². The minimum Gasteiger partial charge on any atom is -0.497 e. The number of likely N-dealkylation sites (tertiary alicyclic amines) is 1. The van der Waals surface area contributed by atoms with Crippen LogP contribution in [0.2, 0.25) is 0 Å². The number of aromatic nitrogens is 2. The number of piperidine rings is 1. The van der Waals surface area contributed by atoms with Crippen molar-refractivity contribution in [2.45, 2.75) is 32.1 Å². The molecule has 3 aromatic rings. The Balaban J connectivity index is 1.60. The van der Waals surface area contributed by atoms with Crippen molar-refractivity contribution in [1.29, 1.82) is 0 Å². The van der Waals surface area contributed by atoms with Gasteiger partial charge in [-0.1, -0.05) is 12.1 Å². The fraction of sp³-hybridized carbons (Fsp3) is 0.333. The Bertz CT molecular complexity index is 1010. The highest BCUT2D eigenvalue weighted by Crippen LogP contribution is 2.26. The highest BCUT2D eigenvalue weighted by molar-refractivity contribution is 5.76. The molecule has 0 bridgehead atoms. The van der Waals surface area contributed by atoms with Gasteiger partial charge in [0.15, 0.2) is 0 Å². The van der Waals surface area contributed by atoms with Crippen LogP contribution in [0.15, 0.2) is 54.6 Å². The molecule has 0 radical (unpaired) electrons. The van der Waals surface area contributed by atoms with E-state index in [1.54, 1.807) is 17.9 Å². The maximum absolute atomic E-state index is 13.9. The van der Waals surface area contributed by atoms with Gasteiger partial charge < -0.3 is 9.64 Å². The second-order valence-electron chi connectivity index (χ2n) is 7.58. The van der Waals surface area contributed by atoms with E-state index >= 15 is 0 Å². The highest BCUT2D eigenvalue weighted by atomic mass is 19.1. The summed E-state index contributed by atoms with van der Waals surface area (Å²) in [5.74, 6) is 0.642. The van der Waals surface area contributed by atoms with Crippen LogP contribution < -0.4 is 4.74 Å². The van der Waals surface area contributed by atoms with Crippen LogP contribution in [0.3, 0.4) is 0 Å². The van der Waals surface area contributed by atoms with Crippen molar-refractivity contribution < 1.29 is 13.9 Å². The molecule has 156 valence electrons. The predicted molar refractivity (Wildman–Crippen MR) is 114 cm³/mol. The molecule has 2 aromatic carbocycles. The number of nitrogens with zero attached hydrogens (tertiary/aromatic N) is 3. The Morgan fingerprint density at radius 1 is 1.07 bits per heavy atom. The molecule has 30 heavy (non-hydrogen) atoms. The summed E-state index contributed by atoms with van der Waals surface area (Å²) in [7, 11) is 1.62. The van der Waals surface area contributed by atoms with Crippen molar-refractivity contribution in [1.82, 2.24) is 14.7 Å². The first-order chi connectivity index (χ1) is 14.6. The smallest absolute Gasteiger partial charge is 0.222 e. The molecule has 0 atom stereocenters. The van der Waals surface area contributed by atoms with Gasteiger partial charge in [-0.15, -0.1) is 0 Å². The standard InChI is InChI=1S/C24H26FN3O2/c1-30-22-11-9-21(10-12-22)28-23(18-6-5-7-19(25)16-18)17-20(26-28)8-13-24(29)27-14-3-2-4-15-27/h5-7,9-12,16-17H,2-4,8,13-15H2,1H3. The lowest BCUT2D eigenvalue weighted by Gasteiger charge is -2.26. The third-order valence-corrected chi connectivity index (χ3v) is 5.50. The van der Waals surface area contributed by atoms with Crippen LogP contribution in [0.1, 0.15) is 31.4 Å². The lowest BCUT2D eigenvalue weighted by molar-refractivity contribution is -0.132. The largest absolute Gasteiger partial charge is 0.497 e. The molecule has 1 amide bonds. The van der Waals surface area contributed by atoms with Gasteiger partial charge in [0.1, 0.15) is 11.6 Å². The quantitative estimate of drug-likeness (QED) is 0.598. The van der Waals surface area contributed by atoms with Crippen LogP contribution in [-0.2, 0) is 11.2 Å². The summed E-state index contributed by atoms with van der Waals surface area (Å²) in [6.07, 6.45) is 4.36. The summed E-state index contributed by atoms with van der Waals surface area (Å²) in [4.78, 5) is 14.5. The van der Waals surface area contributed by atoms with Crippen LogP contribution in [0.25, 0.3) is 16.9 Å². The number of methoxy groups -OCH3 is 1. The summed E-state index contributed by atoms with van der Waals surface area (Å²) in [5.41, 5.74) is 3.20. The number of hydrogen-bond acceptors (Lipinski definition) is 3. The molecule has 4 rings (SSSR count). The van der Waals surface area contributed by atoms with Gasteiger partial charge in [-0.2, -0.15) is 5.10 Å². The van der Waals surface area contributed by atoms with E-state index in [1.165, 1.54) is 18.6 Å². The third-order valence-electron chi connectivity index (χ3n) is 5.50. The van der Waals surface area contributed by atoms with Crippen molar-refractivity contribution in [3.8, 4) is 22.7 Å². The maximum Gasteiger partial charge on any atom is 0.222 e. The van der Waals surface area contributed by atoms with Gasteiger partial charge in [0, 0.05) is 31.5 Å². The van der Waals surface area contributed by atoms with Crippen LogP contribution >= 0.6 is 0 Å². The lowest BCUT2D eigenvalue weighted by Crippen LogP contribution is -2.35. The van der Waals surface area contributed by atoms with Crippen LogP contribution in [0.4, 0.5) is 4.39 Å². The number of carbonyl (C=O) groups excluding carboxylic acids is 1. The Kier molecular flexibility index (Phi) is 6.12. The second kappa shape index (κ2) is 9.11. The minimum atomic E-state index is -0.295. The van der Waals surface area contributed by atoms with Crippen molar-refractivity contribution >= 4 is 5.91 Å². The maximum atomic E-state index is 13.9. The zero-order valence-corrected chi connectivity index (χ0v) is 17.2. The zero-order valence-electron chi connectivity index (χ0n) is 17.2. The van der Waals surface area contributed by atoms with Gasteiger partial charge in [0.2, 0.25) is 5.91 Å². The number of ether oxygens (including phenoxy) is 1. The van der Waals surface area contributed by atoms with Gasteiger partial charge in [-0.05, 0) is 61.7 Å². The van der Waals surface area contributed by atoms with Crippen LogP contribution in [0.5, 0.6) is 5.75 Å². The summed E-state index contributed by atoms with van der Waals surface area (Å²) in [5, 5.41) is 4.74. The Morgan fingerprint density at radius 2 is 1.83 bits per heavy atom. The summed E-state index contributed by atoms with van der Waals surface area (Å²) < 4.78 is 20.9. The molecule has 2 heterocycles. The zero-order chi connectivity index (χ0) is 20.9. The van der Waals surface area contributed by atoms with Crippen molar-refractivity contribution in [3.05, 3.63) is 66.1 Å². The van der Waals surface area contributed by atoms with E-state index in [2.05, 4.69) is 0 Å². The lowest BCUT2D eigenvalue weighted by atomic mass is 10.1. The molecular weight excluding hydrogens is 381 g/mol. The predicted octanol–water partition coefficient (Wildman–Crippen LogP) is 4.63. The Labute approximate surface area is 176 Å². The normalized spacial score (nSPS) is 14.0. The number of rotatable bonds is 6. The summed E-state index contributed by atoms with van der Waals surface area (Å²) >= 11 is 0. The average Bonchev–Trinajstić information content (AvgIpc) is 3.22. The number of halogens is 1. The molecule has 0 saturated carbocycles. The number of aryl methyl sites for hydroxylation is 1. The topological polar surface area (TPSA) is 47.4 Å². The van der Waals surface area contributed by atoms with Crippen LogP contribution in [-0.4, -0.2) is 40.8 Å². The molecule has 1 fully saturated rings. The van der Waals surface area contributed by atoms with E-state index in [0.717, 1.165) is 54.3 Å². The third kappa shape index (κ3) is 4.53. The molecule has 1 saturated heterocycles. The first-order valence-corrected chi connectivity index (χ1v) is 10.4. The molecule has 0 aliphatic carbocycles. The van der Waals surface area contributed by atoms with Gasteiger partial charge in [-0.3, -0.25) is 4.79 Å². The SMILES string of the molecule is COc1ccc(-n2nc(CCC(=O)N3CCCCC3)cc2-c2cccc(F)c2)cc1. The molecule has 1 aromatic heterocycles. The summed E-state index contributed by atoms with van der Waals surface area (Å²) in [6, 6.07) is 16.0. The fourth-order valence-corrected chi connectivity index (χ4v) is 3.86. The van der Waals surface area contributed by atoms with Crippen LogP contribution in [0, 0.1) is 5.82 Å². The molecule has 0 unspecified atom stereocenters. The van der Waals surface area contributed by atoms with E-state index < -0.39 is 0 Å². The number of hydrogen-bond donors (Lipinski definition) is 0. The molecule has 6 heteroatoms. The van der Waals surface area contributed by atoms with Gasteiger partial charge in [0.05, 0.1) is 24.2 Å². The highest BCUT2D eigenvalue weighted by Gasteiger charge is 2.18. The second-order valence-corrected chi connectivity index (χ2v) is 7.58. The first kappa shape index (κ1) is 20.1. The van der Waals surface area contributed by atoms with Gasteiger partial charge in [-0.25, -0.2) is 9.07 Å². The van der Waals surface area contributed by atoms with Gasteiger partial charge >= 0.3 is 0 Å². The van der Waals surface area contributed by atoms with Crippen molar-refractivity contribution in [3.63, 3.8) is 0 Å². The van der Waals surface area contributed by atoms with E-state index in [1.807, 2.05) is 41.3 Å². The molecule has 1 aliphatic heterocycles. The van der Waals surface area contributed by atoms with E-state index in [4.69, 9.17) is 9.84 Å². The Morgan fingerprint density at radius 3 is 2.53 bits per heavy atom. The molecule has 0 spiro atoms. The number of amides is 1. The number of benzene rings is 2. The molecule has 1 aliphatic rings. The molecule has 5 nitrogen and oxygen atoms in total. The van der Waals surface area contributed by atoms with E-state index in [9.17, 15) is 9.18 Å². The monoisotopic (exact) mass is 407 g/mol. The first-order valence-electron chi connectivity index (χ1n) is 10.4. The fourth-order valence-electron chi connectivity index (χ4n) is 3.86. The summed E-state index contributed by atoms with van der Waals surface area (Å²) in [6.45, 7) is 1.71. The van der Waals surface area contributed by atoms with Crippen molar-refractivity contribution in [2.75, 3.05) is 20.2 Å². The molecular formula is C24H26FN3O2. The molecule has 0 N–H and O–H groups in total. The van der Waals surface area contributed by atoms with E-state index in [0.29, 0.717) is 12.8 Å². The average molecular weight is 407 g/mol. The Hall–Kier alpha value is -3.15. The minimum absolute atomic E-state index is 0.181. The van der Waals surface area contributed by atoms with Crippen molar-refractivity contribution in [2.24, 2.45) is 0 Å². The number of carbonyl (C=O) groups is 1. The van der Waals surface area contributed by atoms with Gasteiger partial charge in [0.25, 0.3) is 0 Å².